The quantitative estimate of drug-likeness (QED) is 0.355. The highest BCUT2D eigenvalue weighted by Crippen LogP contribution is 2.35. The predicted octanol–water partition coefficient (Wildman–Crippen LogP) is 4.17. The molecule has 1 heterocycles. The molecule has 0 saturated carbocycles. The molecular formula is C25H27NO7. The highest BCUT2D eigenvalue weighted by atomic mass is 16.5. The minimum absolute atomic E-state index is 0.131. The van der Waals surface area contributed by atoms with Crippen LogP contribution < -0.4 is 18.9 Å². The molecule has 0 N–H and O–H groups in total. The topological polar surface area (TPSA) is 85.2 Å². The van der Waals surface area contributed by atoms with Crippen LogP contribution in [0.4, 0.5) is 0 Å². The summed E-state index contributed by atoms with van der Waals surface area (Å²) in [5, 5.41) is 0. The van der Waals surface area contributed by atoms with Gasteiger partial charge in [0.2, 0.25) is 5.78 Å². The third-order valence-corrected chi connectivity index (χ3v) is 5.32. The number of esters is 1. The zero-order valence-corrected chi connectivity index (χ0v) is 19.6. The Morgan fingerprint density at radius 2 is 1.36 bits per heavy atom. The molecule has 0 saturated heterocycles. The van der Waals surface area contributed by atoms with Crippen LogP contribution in [0.25, 0.3) is 5.69 Å². The highest BCUT2D eigenvalue weighted by molar-refractivity contribution is 6.01. The van der Waals surface area contributed by atoms with Crippen molar-refractivity contribution in [3.8, 4) is 28.7 Å². The van der Waals surface area contributed by atoms with Gasteiger partial charge in [-0.2, -0.15) is 0 Å². The summed E-state index contributed by atoms with van der Waals surface area (Å²) in [7, 11) is 5.98. The lowest BCUT2D eigenvalue weighted by Crippen LogP contribution is -2.16. The third kappa shape index (κ3) is 4.79. The van der Waals surface area contributed by atoms with Crippen molar-refractivity contribution >= 4 is 11.8 Å². The molecule has 174 valence electrons. The minimum Gasteiger partial charge on any atom is -0.497 e. The van der Waals surface area contributed by atoms with Gasteiger partial charge in [-0.25, -0.2) is 4.79 Å². The zero-order valence-electron chi connectivity index (χ0n) is 19.6. The Balaban J connectivity index is 1.79. The van der Waals surface area contributed by atoms with Crippen molar-refractivity contribution in [3.63, 3.8) is 0 Å². The SMILES string of the molecule is COc1ccc(-n2c(C)cc(C(=O)COC(=O)c3cc(OC)c(OC)cc3OC)c2C)cc1. The Bertz CT molecular complexity index is 1160. The fourth-order valence-corrected chi connectivity index (χ4v) is 3.65. The lowest BCUT2D eigenvalue weighted by Gasteiger charge is -2.13. The van der Waals surface area contributed by atoms with Crippen molar-refractivity contribution in [2.45, 2.75) is 13.8 Å². The Morgan fingerprint density at radius 3 is 1.94 bits per heavy atom. The van der Waals surface area contributed by atoms with Crippen LogP contribution in [0, 0.1) is 13.8 Å². The van der Waals surface area contributed by atoms with E-state index >= 15 is 0 Å². The van der Waals surface area contributed by atoms with E-state index in [-0.39, 0.29) is 17.1 Å². The van der Waals surface area contributed by atoms with E-state index in [1.54, 1.807) is 13.2 Å². The maximum atomic E-state index is 12.9. The van der Waals surface area contributed by atoms with Crippen LogP contribution in [0.3, 0.4) is 0 Å². The fraction of sp³-hybridized carbons (Fsp3) is 0.280. The summed E-state index contributed by atoms with van der Waals surface area (Å²) in [6.07, 6.45) is 0. The molecule has 0 unspecified atom stereocenters. The Morgan fingerprint density at radius 1 is 0.758 bits per heavy atom. The van der Waals surface area contributed by atoms with E-state index in [4.69, 9.17) is 23.7 Å². The lowest BCUT2D eigenvalue weighted by atomic mass is 10.1. The number of aryl methyl sites for hydroxylation is 1. The molecule has 0 aliphatic rings. The number of carbonyl (C=O) groups excluding carboxylic acids is 2. The van der Waals surface area contributed by atoms with E-state index in [0.29, 0.717) is 17.1 Å². The van der Waals surface area contributed by atoms with Crippen LogP contribution in [-0.4, -0.2) is 51.4 Å². The number of carbonyl (C=O) groups is 2. The molecule has 0 aliphatic heterocycles. The van der Waals surface area contributed by atoms with Crippen molar-refractivity contribution in [1.82, 2.24) is 4.57 Å². The van der Waals surface area contributed by atoms with Crippen LogP contribution >= 0.6 is 0 Å². The maximum absolute atomic E-state index is 12.9. The molecule has 0 aliphatic carbocycles. The summed E-state index contributed by atoms with van der Waals surface area (Å²) in [5.74, 6) is 0.742. The van der Waals surface area contributed by atoms with Gasteiger partial charge < -0.3 is 28.3 Å². The van der Waals surface area contributed by atoms with E-state index in [9.17, 15) is 9.59 Å². The molecule has 0 fully saturated rings. The number of hydrogen-bond donors (Lipinski definition) is 0. The fourth-order valence-electron chi connectivity index (χ4n) is 3.65. The largest absolute Gasteiger partial charge is 0.497 e. The molecule has 3 rings (SSSR count). The average Bonchev–Trinajstić information content (AvgIpc) is 3.14. The number of aromatic nitrogens is 1. The second-order valence-electron chi connectivity index (χ2n) is 7.23. The Kier molecular flexibility index (Phi) is 7.27. The van der Waals surface area contributed by atoms with Crippen LogP contribution in [-0.2, 0) is 4.74 Å². The molecule has 1 aromatic heterocycles. The van der Waals surface area contributed by atoms with Crippen LogP contribution in [0.5, 0.6) is 23.0 Å². The van der Waals surface area contributed by atoms with Crippen molar-refractivity contribution in [1.29, 1.82) is 0 Å². The number of hydrogen-bond acceptors (Lipinski definition) is 7. The van der Waals surface area contributed by atoms with Gasteiger partial charge >= 0.3 is 5.97 Å². The summed E-state index contributed by atoms with van der Waals surface area (Å²) in [5.41, 5.74) is 3.15. The lowest BCUT2D eigenvalue weighted by molar-refractivity contribution is 0.0471. The maximum Gasteiger partial charge on any atom is 0.342 e. The van der Waals surface area contributed by atoms with Gasteiger partial charge in [-0.05, 0) is 44.2 Å². The molecule has 3 aromatic rings. The molecule has 0 bridgehead atoms. The van der Waals surface area contributed by atoms with Gasteiger partial charge in [0.15, 0.2) is 18.1 Å². The standard InChI is InChI=1S/C25H27NO7/c1-15-11-19(16(2)26(15)17-7-9-18(29-3)10-8-17)21(27)14-33-25(28)20-12-23(31-5)24(32-6)13-22(20)30-4/h7-13H,14H2,1-6H3. The number of ether oxygens (including phenoxy) is 5. The second-order valence-corrected chi connectivity index (χ2v) is 7.23. The van der Waals surface area contributed by atoms with Crippen molar-refractivity contribution in [2.75, 3.05) is 35.0 Å². The summed E-state index contributed by atoms with van der Waals surface area (Å²) in [6.45, 7) is 3.35. The second kappa shape index (κ2) is 10.1. The number of nitrogens with zero attached hydrogens (tertiary/aromatic N) is 1. The molecule has 8 nitrogen and oxygen atoms in total. The number of Topliss-reactive ketones (excluding diaryl/α,β-unsaturated/α-hetero) is 1. The molecule has 0 atom stereocenters. The van der Waals surface area contributed by atoms with Crippen LogP contribution in [0.1, 0.15) is 32.1 Å². The molecule has 0 amide bonds. The summed E-state index contributed by atoms with van der Waals surface area (Å²) in [4.78, 5) is 25.6. The van der Waals surface area contributed by atoms with Crippen molar-refractivity contribution in [3.05, 3.63) is 65.0 Å². The predicted molar refractivity (Wildman–Crippen MR) is 123 cm³/mol. The summed E-state index contributed by atoms with van der Waals surface area (Å²) in [6, 6.07) is 12.3. The van der Waals surface area contributed by atoms with Crippen LogP contribution in [0.2, 0.25) is 0 Å². The van der Waals surface area contributed by atoms with E-state index in [1.165, 1.54) is 33.5 Å². The van der Waals surface area contributed by atoms with Crippen molar-refractivity contribution in [2.24, 2.45) is 0 Å². The van der Waals surface area contributed by atoms with E-state index in [1.807, 2.05) is 42.7 Å². The smallest absolute Gasteiger partial charge is 0.342 e. The van der Waals surface area contributed by atoms with Crippen LogP contribution in [0.15, 0.2) is 42.5 Å². The van der Waals surface area contributed by atoms with Gasteiger partial charge in [-0.1, -0.05) is 0 Å². The van der Waals surface area contributed by atoms with Gasteiger partial charge in [0.1, 0.15) is 17.1 Å². The number of rotatable bonds is 9. The molecule has 0 spiro atoms. The van der Waals surface area contributed by atoms with Gasteiger partial charge in [-0.15, -0.1) is 0 Å². The molecular weight excluding hydrogens is 426 g/mol. The van der Waals surface area contributed by atoms with Gasteiger partial charge in [0.05, 0.1) is 28.4 Å². The van der Waals surface area contributed by atoms with E-state index in [0.717, 1.165) is 22.8 Å². The first kappa shape index (κ1) is 23.7. The monoisotopic (exact) mass is 453 g/mol. The normalized spacial score (nSPS) is 10.5. The van der Waals surface area contributed by atoms with Gasteiger partial charge in [-0.3, -0.25) is 4.79 Å². The molecule has 0 radical (unpaired) electrons. The zero-order chi connectivity index (χ0) is 24.1. The van der Waals surface area contributed by atoms with Crippen molar-refractivity contribution < 1.29 is 33.3 Å². The van der Waals surface area contributed by atoms with E-state index in [2.05, 4.69) is 0 Å². The minimum atomic E-state index is -0.704. The third-order valence-electron chi connectivity index (χ3n) is 5.32. The molecule has 8 heteroatoms. The average molecular weight is 453 g/mol. The number of methoxy groups -OCH3 is 4. The first-order chi connectivity index (χ1) is 15.8. The first-order valence-corrected chi connectivity index (χ1v) is 10.2. The summed E-state index contributed by atoms with van der Waals surface area (Å²) >= 11 is 0. The Hall–Kier alpha value is -3.94. The highest BCUT2D eigenvalue weighted by Gasteiger charge is 2.22. The first-order valence-electron chi connectivity index (χ1n) is 10.2. The van der Waals surface area contributed by atoms with E-state index < -0.39 is 12.6 Å². The number of ketones is 1. The Labute approximate surface area is 192 Å². The van der Waals surface area contributed by atoms with Gasteiger partial charge in [0, 0.05) is 34.8 Å². The number of benzene rings is 2. The summed E-state index contributed by atoms with van der Waals surface area (Å²) < 4.78 is 28.2. The van der Waals surface area contributed by atoms with Gasteiger partial charge in [0.25, 0.3) is 0 Å². The molecule has 33 heavy (non-hydrogen) atoms. The molecule has 2 aromatic carbocycles.